The maximum atomic E-state index is 11.5. The summed E-state index contributed by atoms with van der Waals surface area (Å²) in [6, 6.07) is 12.4. The predicted molar refractivity (Wildman–Crippen MR) is 78.4 cm³/mol. The van der Waals surface area contributed by atoms with E-state index in [1.807, 2.05) is 18.2 Å². The second kappa shape index (κ2) is 6.29. The van der Waals surface area contributed by atoms with Crippen LogP contribution in [0.25, 0.3) is 11.3 Å². The quantitative estimate of drug-likeness (QED) is 0.480. The molecule has 1 atom stereocenters. The lowest BCUT2D eigenvalue weighted by atomic mass is 10.2. The second-order valence-corrected chi connectivity index (χ2v) is 4.73. The monoisotopic (exact) mass is 301 g/mol. The fraction of sp³-hybridized carbons (Fsp3) is 0.125. The van der Waals surface area contributed by atoms with Crippen LogP contribution in [0.15, 0.2) is 53.0 Å². The molecule has 0 saturated carbocycles. The van der Waals surface area contributed by atoms with Crippen molar-refractivity contribution in [2.24, 2.45) is 0 Å². The standard InChI is InChI=1S/C16H12ClNO3/c1-10(9-18)16(19)20-11(2)14-7-8-15(21-14)12-5-3-4-6-13(12)17/h3-8,11H,1H2,2H3. The van der Waals surface area contributed by atoms with Crippen molar-refractivity contribution in [1.29, 1.82) is 5.26 Å². The van der Waals surface area contributed by atoms with Gasteiger partial charge in [0.2, 0.25) is 0 Å². The van der Waals surface area contributed by atoms with Gasteiger partial charge in [0.15, 0.2) is 6.10 Å². The number of carbonyl (C=O) groups is 1. The molecule has 0 fully saturated rings. The molecular formula is C16H12ClNO3. The summed E-state index contributed by atoms with van der Waals surface area (Å²) in [4.78, 5) is 11.5. The third-order valence-corrected chi connectivity index (χ3v) is 3.16. The minimum absolute atomic E-state index is 0.250. The number of benzene rings is 1. The number of halogens is 1. The van der Waals surface area contributed by atoms with Gasteiger partial charge in [-0.3, -0.25) is 0 Å². The van der Waals surface area contributed by atoms with Crippen LogP contribution < -0.4 is 0 Å². The Morgan fingerprint density at radius 3 is 2.76 bits per heavy atom. The molecule has 0 saturated heterocycles. The van der Waals surface area contributed by atoms with Gasteiger partial charge in [-0.1, -0.05) is 30.3 Å². The smallest absolute Gasteiger partial charge is 0.348 e. The lowest BCUT2D eigenvalue weighted by Gasteiger charge is -2.09. The fourth-order valence-electron chi connectivity index (χ4n) is 1.71. The molecule has 0 aliphatic heterocycles. The molecule has 1 heterocycles. The van der Waals surface area contributed by atoms with Gasteiger partial charge in [0.05, 0.1) is 5.02 Å². The topological polar surface area (TPSA) is 63.2 Å². The molecule has 0 radical (unpaired) electrons. The molecule has 0 bridgehead atoms. The SMILES string of the molecule is C=C(C#N)C(=O)OC(C)c1ccc(-c2ccccc2Cl)o1. The highest BCUT2D eigenvalue weighted by atomic mass is 35.5. The number of nitrogens with zero attached hydrogens (tertiary/aromatic N) is 1. The molecule has 21 heavy (non-hydrogen) atoms. The molecule has 4 nitrogen and oxygen atoms in total. The fourth-order valence-corrected chi connectivity index (χ4v) is 1.94. The number of nitriles is 1. The van der Waals surface area contributed by atoms with Gasteiger partial charge in [-0.25, -0.2) is 4.79 Å². The summed E-state index contributed by atoms with van der Waals surface area (Å²) in [6.07, 6.45) is -0.626. The van der Waals surface area contributed by atoms with Gasteiger partial charge in [0.25, 0.3) is 0 Å². The summed E-state index contributed by atoms with van der Waals surface area (Å²) < 4.78 is 10.7. The highest BCUT2D eigenvalue weighted by molar-refractivity contribution is 6.33. The van der Waals surface area contributed by atoms with E-state index in [0.717, 1.165) is 5.56 Å². The van der Waals surface area contributed by atoms with Gasteiger partial charge in [-0.05, 0) is 31.2 Å². The van der Waals surface area contributed by atoms with Crippen LogP contribution in [0.4, 0.5) is 0 Å². The molecule has 0 spiro atoms. The number of carbonyl (C=O) groups excluding carboxylic acids is 1. The maximum Gasteiger partial charge on any atom is 0.348 e. The minimum Gasteiger partial charge on any atom is -0.457 e. The summed E-state index contributed by atoms with van der Waals surface area (Å²) in [5, 5.41) is 9.15. The minimum atomic E-state index is -0.763. The van der Waals surface area contributed by atoms with E-state index in [0.29, 0.717) is 16.5 Å². The number of hydrogen-bond donors (Lipinski definition) is 0. The highest BCUT2D eigenvalue weighted by Crippen LogP contribution is 2.31. The summed E-state index contributed by atoms with van der Waals surface area (Å²) >= 11 is 6.10. The van der Waals surface area contributed by atoms with Crippen molar-refractivity contribution in [1.82, 2.24) is 0 Å². The van der Waals surface area contributed by atoms with Crippen molar-refractivity contribution in [3.63, 3.8) is 0 Å². The third-order valence-electron chi connectivity index (χ3n) is 2.83. The van der Waals surface area contributed by atoms with Gasteiger partial charge >= 0.3 is 5.97 Å². The van der Waals surface area contributed by atoms with E-state index in [2.05, 4.69) is 6.58 Å². The van der Waals surface area contributed by atoms with E-state index in [1.165, 1.54) is 0 Å². The van der Waals surface area contributed by atoms with Crippen LogP contribution in [0.2, 0.25) is 5.02 Å². The first-order chi connectivity index (χ1) is 10.0. The lowest BCUT2D eigenvalue weighted by molar-refractivity contribution is -0.144. The average Bonchev–Trinajstić information content (AvgIpc) is 2.96. The van der Waals surface area contributed by atoms with Crippen LogP contribution in [0.5, 0.6) is 0 Å². The molecule has 106 valence electrons. The zero-order valence-corrected chi connectivity index (χ0v) is 12.1. The Labute approximate surface area is 127 Å². The van der Waals surface area contributed by atoms with E-state index in [9.17, 15) is 4.79 Å². The van der Waals surface area contributed by atoms with Crippen molar-refractivity contribution in [2.45, 2.75) is 13.0 Å². The van der Waals surface area contributed by atoms with Crippen molar-refractivity contribution in [2.75, 3.05) is 0 Å². The lowest BCUT2D eigenvalue weighted by Crippen LogP contribution is -2.09. The summed E-state index contributed by atoms with van der Waals surface area (Å²) in [5.41, 5.74) is 0.505. The first-order valence-electron chi connectivity index (χ1n) is 6.17. The molecule has 0 aliphatic rings. The Balaban J connectivity index is 2.17. The summed E-state index contributed by atoms with van der Waals surface area (Å²) in [6.45, 7) is 4.95. The molecule has 5 heteroatoms. The molecule has 0 amide bonds. The van der Waals surface area contributed by atoms with Crippen molar-refractivity contribution >= 4 is 17.6 Å². The molecule has 2 aromatic rings. The van der Waals surface area contributed by atoms with Gasteiger partial charge in [-0.15, -0.1) is 0 Å². The van der Waals surface area contributed by atoms with Gasteiger partial charge < -0.3 is 9.15 Å². The first kappa shape index (κ1) is 14.9. The number of hydrogen-bond acceptors (Lipinski definition) is 4. The maximum absolute atomic E-state index is 11.5. The highest BCUT2D eigenvalue weighted by Gasteiger charge is 2.18. The van der Waals surface area contributed by atoms with Crippen LogP contribution in [-0.2, 0) is 9.53 Å². The van der Waals surface area contributed by atoms with E-state index in [1.54, 1.807) is 31.2 Å². The normalized spacial score (nSPS) is 11.5. The number of esters is 1. The molecule has 2 rings (SSSR count). The largest absolute Gasteiger partial charge is 0.457 e. The summed E-state index contributed by atoms with van der Waals surface area (Å²) in [5.74, 6) is 0.280. The Morgan fingerprint density at radius 2 is 2.10 bits per heavy atom. The molecule has 1 unspecified atom stereocenters. The zero-order chi connectivity index (χ0) is 15.4. The van der Waals surface area contributed by atoms with E-state index in [-0.39, 0.29) is 5.57 Å². The zero-order valence-electron chi connectivity index (χ0n) is 11.3. The number of furan rings is 1. The van der Waals surface area contributed by atoms with Crippen LogP contribution >= 0.6 is 11.6 Å². The van der Waals surface area contributed by atoms with E-state index < -0.39 is 12.1 Å². The third kappa shape index (κ3) is 3.33. The Bertz CT molecular complexity index is 727. The molecule has 1 aromatic carbocycles. The van der Waals surface area contributed by atoms with Crippen LogP contribution in [0, 0.1) is 11.3 Å². The van der Waals surface area contributed by atoms with Crippen LogP contribution in [0.1, 0.15) is 18.8 Å². The molecule has 1 aromatic heterocycles. The second-order valence-electron chi connectivity index (χ2n) is 4.32. The number of ether oxygens (including phenoxy) is 1. The number of rotatable bonds is 4. The van der Waals surface area contributed by atoms with Crippen LogP contribution in [-0.4, -0.2) is 5.97 Å². The predicted octanol–water partition coefficient (Wildman–Crippen LogP) is 4.28. The van der Waals surface area contributed by atoms with Crippen LogP contribution in [0.3, 0.4) is 0 Å². The van der Waals surface area contributed by atoms with Gasteiger partial charge in [0, 0.05) is 5.56 Å². The Kier molecular flexibility index (Phi) is 4.46. The van der Waals surface area contributed by atoms with Gasteiger partial charge in [0.1, 0.15) is 23.2 Å². The van der Waals surface area contributed by atoms with Gasteiger partial charge in [-0.2, -0.15) is 5.26 Å². The molecule has 0 N–H and O–H groups in total. The van der Waals surface area contributed by atoms with E-state index in [4.69, 9.17) is 26.0 Å². The first-order valence-corrected chi connectivity index (χ1v) is 6.55. The molecular weight excluding hydrogens is 290 g/mol. The van der Waals surface area contributed by atoms with Crippen molar-refractivity contribution in [3.05, 3.63) is 59.3 Å². The average molecular weight is 302 g/mol. The van der Waals surface area contributed by atoms with Crippen molar-refractivity contribution < 1.29 is 13.9 Å². The summed E-state index contributed by atoms with van der Waals surface area (Å²) in [7, 11) is 0. The molecule has 0 aliphatic carbocycles. The van der Waals surface area contributed by atoms with E-state index >= 15 is 0 Å². The Morgan fingerprint density at radius 1 is 1.38 bits per heavy atom. The Hall–Kier alpha value is -2.51. The van der Waals surface area contributed by atoms with Crippen molar-refractivity contribution in [3.8, 4) is 17.4 Å².